The molecule has 1 aliphatic heterocycles. The lowest BCUT2D eigenvalue weighted by Crippen LogP contribution is -2.50. The molecule has 0 amide bonds. The summed E-state index contributed by atoms with van der Waals surface area (Å²) in [5.74, 6) is 0.711. The summed E-state index contributed by atoms with van der Waals surface area (Å²) in [5.41, 5.74) is 2.45. The summed E-state index contributed by atoms with van der Waals surface area (Å²) in [5, 5.41) is 8.10. The molecule has 3 unspecified atom stereocenters. The Bertz CT molecular complexity index is 398. The van der Waals surface area contributed by atoms with Crippen molar-refractivity contribution in [1.29, 1.82) is 0 Å². The van der Waals surface area contributed by atoms with Gasteiger partial charge in [-0.2, -0.15) is 5.10 Å². The summed E-state index contributed by atoms with van der Waals surface area (Å²) in [7, 11) is 4.21. The van der Waals surface area contributed by atoms with Crippen LogP contribution < -0.4 is 5.32 Å². The number of aromatic nitrogens is 2. The van der Waals surface area contributed by atoms with Crippen LogP contribution in [-0.4, -0.2) is 40.4 Å². The molecule has 18 heavy (non-hydrogen) atoms. The zero-order chi connectivity index (χ0) is 13.3. The van der Waals surface area contributed by atoms with Crippen molar-refractivity contribution in [1.82, 2.24) is 20.0 Å². The highest BCUT2D eigenvalue weighted by molar-refractivity contribution is 5.15. The van der Waals surface area contributed by atoms with Crippen LogP contribution in [0.25, 0.3) is 0 Å². The SMILES string of the molecule is Cc1nn(C)cc1CNC1CC(C)N(C)CC1C. The molecule has 102 valence electrons. The first-order chi connectivity index (χ1) is 8.47. The van der Waals surface area contributed by atoms with Crippen LogP contribution in [0.4, 0.5) is 0 Å². The Morgan fingerprint density at radius 3 is 2.72 bits per heavy atom. The number of hydrogen-bond donors (Lipinski definition) is 1. The fourth-order valence-electron chi connectivity index (χ4n) is 2.89. The first kappa shape index (κ1) is 13.6. The minimum absolute atomic E-state index is 0.621. The zero-order valence-corrected chi connectivity index (χ0v) is 12.3. The highest BCUT2D eigenvalue weighted by Gasteiger charge is 2.28. The Kier molecular flexibility index (Phi) is 4.07. The fraction of sp³-hybridized carbons (Fsp3) is 0.786. The van der Waals surface area contributed by atoms with E-state index in [1.54, 1.807) is 0 Å². The molecule has 1 aromatic rings. The Morgan fingerprint density at radius 1 is 1.39 bits per heavy atom. The van der Waals surface area contributed by atoms with Gasteiger partial charge in [0.15, 0.2) is 0 Å². The van der Waals surface area contributed by atoms with Gasteiger partial charge in [-0.15, -0.1) is 0 Å². The minimum Gasteiger partial charge on any atom is -0.309 e. The molecule has 1 N–H and O–H groups in total. The van der Waals surface area contributed by atoms with E-state index in [1.165, 1.54) is 18.5 Å². The average molecular weight is 250 g/mol. The topological polar surface area (TPSA) is 33.1 Å². The molecule has 3 atom stereocenters. The number of nitrogens with one attached hydrogen (secondary N) is 1. The third-order valence-corrected chi connectivity index (χ3v) is 4.28. The number of aryl methyl sites for hydroxylation is 2. The van der Waals surface area contributed by atoms with Crippen molar-refractivity contribution in [3.05, 3.63) is 17.5 Å². The maximum Gasteiger partial charge on any atom is 0.0638 e. The Morgan fingerprint density at radius 2 is 2.11 bits per heavy atom. The lowest BCUT2D eigenvalue weighted by Gasteiger charge is -2.40. The third kappa shape index (κ3) is 2.93. The van der Waals surface area contributed by atoms with Crippen molar-refractivity contribution in [2.45, 2.75) is 45.8 Å². The molecule has 2 heterocycles. The summed E-state index contributed by atoms with van der Waals surface area (Å²) >= 11 is 0. The summed E-state index contributed by atoms with van der Waals surface area (Å²) < 4.78 is 1.90. The van der Waals surface area contributed by atoms with Gasteiger partial charge in [0.2, 0.25) is 0 Å². The summed E-state index contributed by atoms with van der Waals surface area (Å²) in [6.45, 7) is 8.86. The van der Waals surface area contributed by atoms with Crippen molar-refractivity contribution in [2.75, 3.05) is 13.6 Å². The quantitative estimate of drug-likeness (QED) is 0.883. The number of piperidine rings is 1. The number of hydrogen-bond acceptors (Lipinski definition) is 3. The number of likely N-dealkylation sites (tertiary alicyclic amines) is 1. The molecule has 0 spiro atoms. The third-order valence-electron chi connectivity index (χ3n) is 4.28. The van der Waals surface area contributed by atoms with Crippen molar-refractivity contribution in [3.63, 3.8) is 0 Å². The summed E-state index contributed by atoms with van der Waals surface area (Å²) in [4.78, 5) is 2.46. The number of rotatable bonds is 3. The van der Waals surface area contributed by atoms with E-state index in [4.69, 9.17) is 0 Å². The molecule has 1 fully saturated rings. The summed E-state index contributed by atoms with van der Waals surface area (Å²) in [6, 6.07) is 1.30. The molecule has 0 radical (unpaired) electrons. The molecule has 0 aliphatic carbocycles. The molecule has 1 aromatic heterocycles. The molecule has 4 nitrogen and oxygen atoms in total. The van der Waals surface area contributed by atoms with Gasteiger partial charge < -0.3 is 10.2 Å². The standard InChI is InChI=1S/C14H26N4/c1-10-8-17(4)11(2)6-14(10)15-7-13-9-18(5)16-12(13)3/h9-11,14-15H,6-8H2,1-5H3. The van der Waals surface area contributed by atoms with Crippen LogP contribution >= 0.6 is 0 Å². The Hall–Kier alpha value is -0.870. The van der Waals surface area contributed by atoms with Gasteiger partial charge in [-0.1, -0.05) is 6.92 Å². The molecule has 4 heteroatoms. The van der Waals surface area contributed by atoms with Crippen LogP contribution in [-0.2, 0) is 13.6 Å². The van der Waals surface area contributed by atoms with Gasteiger partial charge in [-0.25, -0.2) is 0 Å². The normalized spacial score (nSPS) is 29.7. The average Bonchev–Trinajstić information content (AvgIpc) is 2.61. The predicted molar refractivity (Wildman–Crippen MR) is 74.4 cm³/mol. The smallest absolute Gasteiger partial charge is 0.0638 e. The molecule has 1 aliphatic rings. The molecule has 0 bridgehead atoms. The second kappa shape index (κ2) is 5.41. The lowest BCUT2D eigenvalue weighted by molar-refractivity contribution is 0.121. The van der Waals surface area contributed by atoms with Gasteiger partial charge in [0.05, 0.1) is 5.69 Å². The van der Waals surface area contributed by atoms with E-state index in [1.807, 2.05) is 11.7 Å². The zero-order valence-electron chi connectivity index (χ0n) is 12.3. The van der Waals surface area contributed by atoms with E-state index in [-0.39, 0.29) is 0 Å². The maximum atomic E-state index is 4.39. The van der Waals surface area contributed by atoms with Gasteiger partial charge in [0, 0.05) is 44.0 Å². The molecular weight excluding hydrogens is 224 g/mol. The lowest BCUT2D eigenvalue weighted by atomic mass is 9.90. The van der Waals surface area contributed by atoms with Gasteiger partial charge in [-0.3, -0.25) is 4.68 Å². The van der Waals surface area contributed by atoms with E-state index in [0.717, 1.165) is 12.2 Å². The van der Waals surface area contributed by atoms with Crippen LogP contribution in [0.15, 0.2) is 6.20 Å². The molecule has 1 saturated heterocycles. The first-order valence-electron chi connectivity index (χ1n) is 6.90. The van der Waals surface area contributed by atoms with Crippen LogP contribution in [0.2, 0.25) is 0 Å². The van der Waals surface area contributed by atoms with Gasteiger partial charge in [-0.05, 0) is 33.2 Å². The van der Waals surface area contributed by atoms with E-state index < -0.39 is 0 Å². The van der Waals surface area contributed by atoms with Crippen LogP contribution in [0.1, 0.15) is 31.5 Å². The second-order valence-electron chi connectivity index (χ2n) is 5.90. The van der Waals surface area contributed by atoms with Crippen molar-refractivity contribution in [2.24, 2.45) is 13.0 Å². The van der Waals surface area contributed by atoms with Crippen LogP contribution in [0.5, 0.6) is 0 Å². The van der Waals surface area contributed by atoms with Gasteiger partial charge in [0.25, 0.3) is 0 Å². The second-order valence-corrected chi connectivity index (χ2v) is 5.90. The monoisotopic (exact) mass is 250 g/mol. The highest BCUT2D eigenvalue weighted by atomic mass is 15.3. The molecule has 0 aromatic carbocycles. The first-order valence-corrected chi connectivity index (χ1v) is 6.90. The predicted octanol–water partition coefficient (Wildman–Crippen LogP) is 1.55. The number of nitrogens with zero attached hydrogens (tertiary/aromatic N) is 3. The van der Waals surface area contributed by atoms with E-state index in [9.17, 15) is 0 Å². The van der Waals surface area contributed by atoms with E-state index in [0.29, 0.717) is 18.0 Å². The van der Waals surface area contributed by atoms with Crippen molar-refractivity contribution in [3.8, 4) is 0 Å². The van der Waals surface area contributed by atoms with Crippen molar-refractivity contribution < 1.29 is 0 Å². The highest BCUT2D eigenvalue weighted by Crippen LogP contribution is 2.21. The van der Waals surface area contributed by atoms with Gasteiger partial charge >= 0.3 is 0 Å². The van der Waals surface area contributed by atoms with E-state index >= 15 is 0 Å². The van der Waals surface area contributed by atoms with Crippen LogP contribution in [0.3, 0.4) is 0 Å². The fourth-order valence-corrected chi connectivity index (χ4v) is 2.89. The molecule has 0 saturated carbocycles. The van der Waals surface area contributed by atoms with Gasteiger partial charge in [0.1, 0.15) is 0 Å². The minimum atomic E-state index is 0.621. The van der Waals surface area contributed by atoms with E-state index in [2.05, 4.69) is 49.3 Å². The molecular formula is C14H26N4. The Balaban J connectivity index is 1.92. The van der Waals surface area contributed by atoms with Crippen molar-refractivity contribution >= 4 is 0 Å². The summed E-state index contributed by atoms with van der Waals surface area (Å²) in [6.07, 6.45) is 3.35. The molecule has 2 rings (SSSR count). The Labute approximate surface area is 110 Å². The maximum absolute atomic E-state index is 4.39. The van der Waals surface area contributed by atoms with Crippen LogP contribution in [0, 0.1) is 12.8 Å². The largest absolute Gasteiger partial charge is 0.309 e.